The van der Waals surface area contributed by atoms with Crippen molar-refractivity contribution < 1.29 is 33.3 Å². The highest BCUT2D eigenvalue weighted by atomic mass is 79.9. The predicted molar refractivity (Wildman–Crippen MR) is 148 cm³/mol. The number of benzene rings is 3. The fraction of sp³-hybridized carbons (Fsp3) is 0.115. The first kappa shape index (κ1) is 26.9. The van der Waals surface area contributed by atoms with Crippen LogP contribution in [0, 0.1) is 0 Å². The molecule has 0 saturated carbocycles. The van der Waals surface area contributed by atoms with E-state index >= 15 is 0 Å². The van der Waals surface area contributed by atoms with Crippen LogP contribution in [0.1, 0.15) is 21.5 Å². The molecular formula is C26H18Br3NO7. The van der Waals surface area contributed by atoms with Gasteiger partial charge in [-0.15, -0.1) is 0 Å². The maximum atomic E-state index is 12.8. The zero-order chi connectivity index (χ0) is 26.7. The molecule has 1 aliphatic heterocycles. The van der Waals surface area contributed by atoms with Gasteiger partial charge in [-0.3, -0.25) is 0 Å². The number of halogens is 3. The molecule has 0 amide bonds. The number of hydrogen-bond donors (Lipinski definition) is 0. The van der Waals surface area contributed by atoms with E-state index in [0.29, 0.717) is 42.9 Å². The van der Waals surface area contributed by atoms with Gasteiger partial charge in [0.05, 0.1) is 31.4 Å². The number of ether oxygens (including phenoxy) is 5. The minimum absolute atomic E-state index is 0.00897. The number of nitrogens with zero attached hydrogens (tertiary/aromatic N) is 1. The standard InChI is InChI=1S/C26H18Br3NO7/c1-33-20-10-15(11-21(34-2)23(20)35-3)24-30-19(26(32)37-24)9-14-8-17(28)12-18(29)22(14)36-25(31)13-4-6-16(27)7-5-13/h4-12H,1-3H3/b19-9-. The van der Waals surface area contributed by atoms with Crippen molar-refractivity contribution >= 4 is 71.7 Å². The number of methoxy groups -OCH3 is 3. The van der Waals surface area contributed by atoms with E-state index in [1.54, 1.807) is 48.5 Å². The van der Waals surface area contributed by atoms with E-state index < -0.39 is 11.9 Å². The van der Waals surface area contributed by atoms with Crippen LogP contribution in [0.4, 0.5) is 0 Å². The normalized spacial score (nSPS) is 13.7. The summed E-state index contributed by atoms with van der Waals surface area (Å²) >= 11 is 10.2. The molecule has 1 aliphatic rings. The Kier molecular flexibility index (Phi) is 8.35. The van der Waals surface area contributed by atoms with Crippen LogP contribution >= 0.6 is 47.8 Å². The van der Waals surface area contributed by atoms with Crippen LogP contribution in [-0.4, -0.2) is 39.2 Å². The number of rotatable bonds is 7. The number of esters is 2. The third-order valence-corrected chi connectivity index (χ3v) is 6.71. The molecule has 3 aromatic rings. The van der Waals surface area contributed by atoms with Gasteiger partial charge in [-0.25, -0.2) is 14.6 Å². The van der Waals surface area contributed by atoms with Gasteiger partial charge >= 0.3 is 11.9 Å². The number of cyclic esters (lactones) is 1. The summed E-state index contributed by atoms with van der Waals surface area (Å²) in [6.45, 7) is 0. The van der Waals surface area contributed by atoms with Gasteiger partial charge in [-0.05, 0) is 70.5 Å². The molecule has 0 fully saturated rings. The molecule has 0 spiro atoms. The lowest BCUT2D eigenvalue weighted by molar-refractivity contribution is -0.129. The summed E-state index contributed by atoms with van der Waals surface area (Å²) in [4.78, 5) is 29.9. The topological polar surface area (TPSA) is 92.7 Å². The quantitative estimate of drug-likeness (QED) is 0.157. The number of carbonyl (C=O) groups excluding carboxylic acids is 2. The first-order valence-electron chi connectivity index (χ1n) is 10.5. The van der Waals surface area contributed by atoms with Crippen molar-refractivity contribution in [1.82, 2.24) is 0 Å². The largest absolute Gasteiger partial charge is 0.493 e. The third kappa shape index (κ3) is 5.89. The van der Waals surface area contributed by atoms with Crippen LogP contribution in [-0.2, 0) is 9.53 Å². The lowest BCUT2D eigenvalue weighted by Gasteiger charge is -2.13. The minimum atomic E-state index is -0.676. The number of carbonyl (C=O) groups is 2. The average Bonchev–Trinajstić information content (AvgIpc) is 3.25. The molecule has 0 unspecified atom stereocenters. The summed E-state index contributed by atoms with van der Waals surface area (Å²) < 4.78 is 29.2. The van der Waals surface area contributed by atoms with Gasteiger partial charge in [-0.2, -0.15) is 0 Å². The van der Waals surface area contributed by atoms with Crippen molar-refractivity contribution in [2.24, 2.45) is 4.99 Å². The lowest BCUT2D eigenvalue weighted by atomic mass is 10.1. The molecule has 0 aliphatic carbocycles. The van der Waals surface area contributed by atoms with Crippen LogP contribution in [0.25, 0.3) is 6.08 Å². The highest BCUT2D eigenvalue weighted by molar-refractivity contribution is 9.11. The molecule has 0 radical (unpaired) electrons. The number of hydrogen-bond acceptors (Lipinski definition) is 8. The van der Waals surface area contributed by atoms with E-state index in [4.69, 9.17) is 23.7 Å². The van der Waals surface area contributed by atoms with Crippen molar-refractivity contribution in [3.05, 3.63) is 84.3 Å². The molecular weight excluding hydrogens is 678 g/mol. The number of aliphatic imine (C=N–C) groups is 1. The Balaban J connectivity index is 1.72. The maximum absolute atomic E-state index is 12.8. The van der Waals surface area contributed by atoms with E-state index in [-0.39, 0.29) is 17.3 Å². The molecule has 4 rings (SSSR count). The second-order valence-electron chi connectivity index (χ2n) is 7.45. The van der Waals surface area contributed by atoms with Gasteiger partial charge in [0.2, 0.25) is 11.6 Å². The summed E-state index contributed by atoms with van der Waals surface area (Å²) in [5.41, 5.74) is 1.24. The van der Waals surface area contributed by atoms with Crippen LogP contribution in [0.5, 0.6) is 23.0 Å². The second-order valence-corrected chi connectivity index (χ2v) is 10.1. The molecule has 0 bridgehead atoms. The summed E-state index contributed by atoms with van der Waals surface area (Å²) in [7, 11) is 4.46. The van der Waals surface area contributed by atoms with Crippen LogP contribution in [0.3, 0.4) is 0 Å². The van der Waals surface area contributed by atoms with E-state index in [9.17, 15) is 9.59 Å². The zero-order valence-electron chi connectivity index (χ0n) is 19.6. The third-order valence-electron chi connectivity index (χ3n) is 5.14. The van der Waals surface area contributed by atoms with Gasteiger partial charge < -0.3 is 23.7 Å². The van der Waals surface area contributed by atoms with E-state index in [1.165, 1.54) is 27.4 Å². The molecule has 0 aromatic heterocycles. The smallest absolute Gasteiger partial charge is 0.363 e. The van der Waals surface area contributed by atoms with Gasteiger partial charge in [0.1, 0.15) is 0 Å². The molecule has 190 valence electrons. The molecule has 11 heteroatoms. The van der Waals surface area contributed by atoms with Crippen LogP contribution < -0.4 is 18.9 Å². The SMILES string of the molecule is COc1cc(C2=N/C(=C\c3cc(Br)cc(Br)c3OC(=O)c3ccc(Br)cc3)C(=O)O2)cc(OC)c1OC. The van der Waals surface area contributed by atoms with Crippen molar-refractivity contribution in [3.63, 3.8) is 0 Å². The Morgan fingerprint density at radius 1 is 0.865 bits per heavy atom. The highest BCUT2D eigenvalue weighted by Crippen LogP contribution is 2.40. The van der Waals surface area contributed by atoms with Crippen LogP contribution in [0.2, 0.25) is 0 Å². The van der Waals surface area contributed by atoms with Gasteiger partial charge in [0, 0.05) is 20.1 Å². The molecule has 0 atom stereocenters. The van der Waals surface area contributed by atoms with E-state index in [2.05, 4.69) is 52.8 Å². The van der Waals surface area contributed by atoms with Crippen molar-refractivity contribution in [3.8, 4) is 23.0 Å². The Morgan fingerprint density at radius 2 is 1.51 bits per heavy atom. The van der Waals surface area contributed by atoms with Gasteiger partial charge in [-0.1, -0.05) is 31.9 Å². The summed E-state index contributed by atoms with van der Waals surface area (Å²) in [6, 6.07) is 13.4. The van der Waals surface area contributed by atoms with Gasteiger partial charge in [0.15, 0.2) is 22.9 Å². The Labute approximate surface area is 237 Å². The Morgan fingerprint density at radius 3 is 2.11 bits per heavy atom. The summed E-state index contributed by atoms with van der Waals surface area (Å²) in [5, 5.41) is 0. The molecule has 37 heavy (non-hydrogen) atoms. The Bertz CT molecular complexity index is 1420. The molecule has 0 N–H and O–H groups in total. The molecule has 1 heterocycles. The predicted octanol–water partition coefficient (Wildman–Crippen LogP) is 6.56. The fourth-order valence-corrected chi connectivity index (χ4v) is 5.02. The van der Waals surface area contributed by atoms with Crippen molar-refractivity contribution in [2.45, 2.75) is 0 Å². The van der Waals surface area contributed by atoms with Gasteiger partial charge in [0.25, 0.3) is 0 Å². The summed E-state index contributed by atoms with van der Waals surface area (Å²) in [6.07, 6.45) is 1.48. The van der Waals surface area contributed by atoms with Crippen LogP contribution in [0.15, 0.2) is 72.6 Å². The lowest BCUT2D eigenvalue weighted by Crippen LogP contribution is -2.10. The van der Waals surface area contributed by atoms with Crippen molar-refractivity contribution in [1.29, 1.82) is 0 Å². The fourth-order valence-electron chi connectivity index (χ4n) is 3.42. The first-order chi connectivity index (χ1) is 17.7. The molecule has 8 nitrogen and oxygen atoms in total. The Hall–Kier alpha value is -3.15. The molecule has 3 aromatic carbocycles. The minimum Gasteiger partial charge on any atom is -0.493 e. The van der Waals surface area contributed by atoms with Crippen molar-refractivity contribution in [2.75, 3.05) is 21.3 Å². The summed E-state index contributed by atoms with van der Waals surface area (Å²) in [5.74, 6) is 0.185. The highest BCUT2D eigenvalue weighted by Gasteiger charge is 2.27. The monoisotopic (exact) mass is 693 g/mol. The average molecular weight is 696 g/mol. The zero-order valence-corrected chi connectivity index (χ0v) is 24.4. The maximum Gasteiger partial charge on any atom is 0.363 e. The second kappa shape index (κ2) is 11.5. The van der Waals surface area contributed by atoms with E-state index in [1.807, 2.05) is 0 Å². The van der Waals surface area contributed by atoms with E-state index in [0.717, 1.165) is 4.47 Å². The molecule has 0 saturated heterocycles. The first-order valence-corrected chi connectivity index (χ1v) is 12.9.